The molecular weight excluding hydrogens is 268 g/mol. The molecule has 0 unspecified atom stereocenters. The largest absolute Gasteiger partial charge is 0.338 e. The van der Waals surface area contributed by atoms with Gasteiger partial charge < -0.3 is 5.32 Å². The average Bonchev–Trinajstić information content (AvgIpc) is 2.46. The van der Waals surface area contributed by atoms with Gasteiger partial charge in [0.2, 0.25) is 5.91 Å². The van der Waals surface area contributed by atoms with Crippen LogP contribution in [0.25, 0.3) is 0 Å². The third-order valence-corrected chi connectivity index (χ3v) is 3.10. The first-order chi connectivity index (χ1) is 9.97. The number of likely N-dealkylation sites (N-methyl/N-ethyl adjacent to an activating group) is 1. The lowest BCUT2D eigenvalue weighted by Crippen LogP contribution is -2.48. The maximum absolute atomic E-state index is 11.9. The standard InChI is InChI=1S/C15H20N4O2/c1-4-17-15(21)18-14(20)11(2)19(3)10-13-7-5-6-12(8-13)9-16/h5-8,11H,4,10H2,1-3H3,(H2,17,18,20,21)/t11-/m1/s1. The van der Waals surface area contributed by atoms with Gasteiger partial charge in [-0.15, -0.1) is 0 Å². The molecule has 6 heteroatoms. The van der Waals surface area contributed by atoms with Crippen molar-refractivity contribution in [1.82, 2.24) is 15.5 Å². The summed E-state index contributed by atoms with van der Waals surface area (Å²) in [4.78, 5) is 25.1. The van der Waals surface area contributed by atoms with E-state index in [1.807, 2.05) is 11.0 Å². The third kappa shape index (κ3) is 5.24. The normalized spacial score (nSPS) is 11.6. The Morgan fingerprint density at radius 2 is 2.14 bits per heavy atom. The Bertz CT molecular complexity index is 551. The number of nitriles is 1. The van der Waals surface area contributed by atoms with Gasteiger partial charge in [0, 0.05) is 13.1 Å². The number of rotatable bonds is 5. The summed E-state index contributed by atoms with van der Waals surface area (Å²) in [5.41, 5.74) is 1.52. The van der Waals surface area contributed by atoms with Gasteiger partial charge in [-0.2, -0.15) is 5.26 Å². The van der Waals surface area contributed by atoms with Gasteiger partial charge in [0.05, 0.1) is 17.7 Å². The summed E-state index contributed by atoms with van der Waals surface area (Å²) in [6.45, 7) is 4.48. The highest BCUT2D eigenvalue weighted by molar-refractivity contribution is 5.96. The zero-order valence-corrected chi connectivity index (χ0v) is 12.5. The van der Waals surface area contributed by atoms with Gasteiger partial charge in [-0.3, -0.25) is 15.0 Å². The lowest BCUT2D eigenvalue weighted by Gasteiger charge is -2.23. The smallest absolute Gasteiger partial charge is 0.321 e. The molecule has 0 fully saturated rings. The number of nitrogens with zero attached hydrogens (tertiary/aromatic N) is 2. The number of hydrogen-bond donors (Lipinski definition) is 2. The van der Waals surface area contributed by atoms with Crippen LogP contribution in [-0.4, -0.2) is 36.5 Å². The van der Waals surface area contributed by atoms with Gasteiger partial charge in [0.15, 0.2) is 0 Å². The molecule has 0 radical (unpaired) electrons. The van der Waals surface area contributed by atoms with Crippen molar-refractivity contribution in [3.8, 4) is 6.07 Å². The van der Waals surface area contributed by atoms with Crippen LogP contribution in [0.3, 0.4) is 0 Å². The van der Waals surface area contributed by atoms with E-state index in [9.17, 15) is 9.59 Å². The highest BCUT2D eigenvalue weighted by atomic mass is 16.2. The fraction of sp³-hybridized carbons (Fsp3) is 0.400. The van der Waals surface area contributed by atoms with Crippen LogP contribution in [0.4, 0.5) is 4.79 Å². The molecule has 1 atom stereocenters. The predicted molar refractivity (Wildman–Crippen MR) is 79.3 cm³/mol. The summed E-state index contributed by atoms with van der Waals surface area (Å²) in [7, 11) is 1.79. The van der Waals surface area contributed by atoms with E-state index in [0.717, 1.165) is 5.56 Å². The SMILES string of the molecule is CCNC(=O)NC(=O)[C@@H](C)N(C)Cc1cccc(C#N)c1. The summed E-state index contributed by atoms with van der Waals surface area (Å²) >= 11 is 0. The van der Waals surface area contributed by atoms with E-state index < -0.39 is 12.1 Å². The molecule has 0 aromatic heterocycles. The molecule has 1 aromatic rings. The number of carbonyl (C=O) groups excluding carboxylic acids is 2. The van der Waals surface area contributed by atoms with Gasteiger partial charge in [-0.25, -0.2) is 4.79 Å². The second-order valence-electron chi connectivity index (χ2n) is 4.75. The average molecular weight is 288 g/mol. The van der Waals surface area contributed by atoms with Gasteiger partial charge in [-0.1, -0.05) is 12.1 Å². The number of amides is 3. The van der Waals surface area contributed by atoms with Gasteiger partial charge >= 0.3 is 6.03 Å². The maximum Gasteiger partial charge on any atom is 0.321 e. The topological polar surface area (TPSA) is 85.2 Å². The van der Waals surface area contributed by atoms with Crippen molar-refractivity contribution in [3.05, 3.63) is 35.4 Å². The lowest BCUT2D eigenvalue weighted by molar-refractivity contribution is -0.124. The Morgan fingerprint density at radius 1 is 1.43 bits per heavy atom. The molecule has 112 valence electrons. The highest BCUT2D eigenvalue weighted by Crippen LogP contribution is 2.09. The van der Waals surface area contributed by atoms with Gasteiger partial charge in [0.25, 0.3) is 0 Å². The lowest BCUT2D eigenvalue weighted by atomic mass is 10.1. The Kier molecular flexibility index (Phi) is 6.37. The van der Waals surface area contributed by atoms with Crippen molar-refractivity contribution in [2.75, 3.05) is 13.6 Å². The van der Waals surface area contributed by atoms with Crippen molar-refractivity contribution in [2.45, 2.75) is 26.4 Å². The van der Waals surface area contributed by atoms with Crippen LogP contribution < -0.4 is 10.6 Å². The Labute approximate surface area is 124 Å². The van der Waals surface area contributed by atoms with E-state index >= 15 is 0 Å². The van der Waals surface area contributed by atoms with Crippen molar-refractivity contribution in [3.63, 3.8) is 0 Å². The van der Waals surface area contributed by atoms with E-state index in [2.05, 4.69) is 16.7 Å². The fourth-order valence-corrected chi connectivity index (χ4v) is 1.79. The molecule has 21 heavy (non-hydrogen) atoms. The highest BCUT2D eigenvalue weighted by Gasteiger charge is 2.19. The summed E-state index contributed by atoms with van der Waals surface area (Å²) in [5.74, 6) is -0.361. The second-order valence-corrected chi connectivity index (χ2v) is 4.75. The number of benzene rings is 1. The summed E-state index contributed by atoms with van der Waals surface area (Å²) < 4.78 is 0. The minimum absolute atomic E-state index is 0.361. The molecule has 0 aliphatic carbocycles. The Hall–Kier alpha value is -2.39. The van der Waals surface area contributed by atoms with Crippen LogP contribution in [0.5, 0.6) is 0 Å². The van der Waals surface area contributed by atoms with Crippen LogP contribution in [0, 0.1) is 11.3 Å². The number of nitrogens with one attached hydrogen (secondary N) is 2. The van der Waals surface area contributed by atoms with E-state index in [-0.39, 0.29) is 5.91 Å². The number of imide groups is 1. The van der Waals surface area contributed by atoms with E-state index in [4.69, 9.17) is 5.26 Å². The quantitative estimate of drug-likeness (QED) is 0.853. The molecule has 1 aromatic carbocycles. The molecule has 0 spiro atoms. The Morgan fingerprint density at radius 3 is 2.76 bits per heavy atom. The molecular formula is C15H20N4O2. The van der Waals surface area contributed by atoms with Crippen molar-refractivity contribution in [1.29, 1.82) is 5.26 Å². The molecule has 0 heterocycles. The molecule has 2 N–H and O–H groups in total. The number of urea groups is 1. The first-order valence-corrected chi connectivity index (χ1v) is 6.76. The second kappa shape index (κ2) is 8.02. The summed E-state index contributed by atoms with van der Waals surface area (Å²) in [5, 5.41) is 13.7. The van der Waals surface area contributed by atoms with Crippen molar-refractivity contribution in [2.24, 2.45) is 0 Å². The number of hydrogen-bond acceptors (Lipinski definition) is 4. The van der Waals surface area contributed by atoms with E-state index in [0.29, 0.717) is 18.7 Å². The zero-order valence-electron chi connectivity index (χ0n) is 12.5. The molecule has 0 saturated heterocycles. The minimum Gasteiger partial charge on any atom is -0.338 e. The predicted octanol–water partition coefficient (Wildman–Crippen LogP) is 1.22. The summed E-state index contributed by atoms with van der Waals surface area (Å²) in [6, 6.07) is 8.35. The molecule has 0 saturated carbocycles. The monoisotopic (exact) mass is 288 g/mol. The van der Waals surface area contributed by atoms with Crippen molar-refractivity contribution < 1.29 is 9.59 Å². The first kappa shape index (κ1) is 16.7. The molecule has 0 aliphatic rings. The molecule has 3 amide bonds. The number of carbonyl (C=O) groups is 2. The van der Waals surface area contributed by atoms with E-state index in [1.165, 1.54) is 0 Å². The third-order valence-electron chi connectivity index (χ3n) is 3.10. The maximum atomic E-state index is 11.9. The Balaban J connectivity index is 2.61. The van der Waals surface area contributed by atoms with Crippen molar-refractivity contribution >= 4 is 11.9 Å². The van der Waals surface area contributed by atoms with Gasteiger partial charge in [-0.05, 0) is 38.6 Å². The van der Waals surface area contributed by atoms with Crippen LogP contribution in [-0.2, 0) is 11.3 Å². The molecule has 0 bridgehead atoms. The fourth-order valence-electron chi connectivity index (χ4n) is 1.79. The van der Waals surface area contributed by atoms with Crippen LogP contribution in [0.15, 0.2) is 24.3 Å². The van der Waals surface area contributed by atoms with E-state index in [1.54, 1.807) is 39.1 Å². The van der Waals surface area contributed by atoms with Crippen LogP contribution in [0.1, 0.15) is 25.0 Å². The minimum atomic E-state index is -0.491. The molecule has 6 nitrogen and oxygen atoms in total. The summed E-state index contributed by atoms with van der Waals surface area (Å²) in [6.07, 6.45) is 0. The van der Waals surface area contributed by atoms with Crippen LogP contribution in [0.2, 0.25) is 0 Å². The van der Waals surface area contributed by atoms with Crippen LogP contribution >= 0.6 is 0 Å². The molecule has 1 rings (SSSR count). The molecule has 0 aliphatic heterocycles. The first-order valence-electron chi connectivity index (χ1n) is 6.76. The zero-order chi connectivity index (χ0) is 15.8. The van der Waals surface area contributed by atoms with Gasteiger partial charge in [0.1, 0.15) is 0 Å².